The molecule has 0 radical (unpaired) electrons. The number of rotatable bonds is 7. The number of hydrogen-bond acceptors (Lipinski definition) is 5. The van der Waals surface area contributed by atoms with Gasteiger partial charge in [0.25, 0.3) is 0 Å². The first kappa shape index (κ1) is 15.4. The van der Waals surface area contributed by atoms with Crippen molar-refractivity contribution in [1.29, 1.82) is 0 Å². The van der Waals surface area contributed by atoms with E-state index in [0.29, 0.717) is 19.0 Å². The lowest BCUT2D eigenvalue weighted by atomic mass is 10.1. The number of nitrogens with two attached hydrogens (primary N) is 1. The van der Waals surface area contributed by atoms with Crippen molar-refractivity contribution < 1.29 is 4.79 Å². The summed E-state index contributed by atoms with van der Waals surface area (Å²) in [5.74, 6) is 0.857. The Labute approximate surface area is 124 Å². The van der Waals surface area contributed by atoms with Crippen LogP contribution < -0.4 is 5.73 Å². The van der Waals surface area contributed by atoms with Gasteiger partial charge < -0.3 is 10.6 Å². The molecule has 1 aliphatic rings. The van der Waals surface area contributed by atoms with Gasteiger partial charge >= 0.3 is 0 Å². The van der Waals surface area contributed by atoms with Gasteiger partial charge in [-0.3, -0.25) is 9.69 Å². The highest BCUT2D eigenvalue weighted by Gasteiger charge is 2.32. The summed E-state index contributed by atoms with van der Waals surface area (Å²) >= 11 is 1.56. The smallest absolute Gasteiger partial charge is 0.228 e. The molecule has 0 aromatic carbocycles. The molecule has 1 aromatic heterocycles. The fourth-order valence-electron chi connectivity index (χ4n) is 2.38. The molecule has 1 amide bonds. The molecule has 20 heavy (non-hydrogen) atoms. The number of carbonyl (C=O) groups is 1. The number of aromatic nitrogens is 1. The molecular weight excluding hydrogens is 272 g/mol. The van der Waals surface area contributed by atoms with Gasteiger partial charge in [-0.1, -0.05) is 0 Å². The number of likely N-dealkylation sites (N-methyl/N-ethyl adjacent to an activating group) is 2. The predicted molar refractivity (Wildman–Crippen MR) is 81.5 cm³/mol. The van der Waals surface area contributed by atoms with E-state index in [1.165, 1.54) is 12.8 Å². The van der Waals surface area contributed by atoms with Crippen molar-refractivity contribution in [3.05, 3.63) is 16.1 Å². The van der Waals surface area contributed by atoms with Gasteiger partial charge in [0, 0.05) is 38.6 Å². The van der Waals surface area contributed by atoms with Gasteiger partial charge in [0.1, 0.15) is 5.01 Å². The summed E-state index contributed by atoms with van der Waals surface area (Å²) in [5.41, 5.74) is 6.90. The molecule has 1 atom stereocenters. The topological polar surface area (TPSA) is 62.5 Å². The summed E-state index contributed by atoms with van der Waals surface area (Å²) < 4.78 is 0. The number of hydrogen-bond donors (Lipinski definition) is 1. The van der Waals surface area contributed by atoms with Gasteiger partial charge in [-0.05, 0) is 25.8 Å². The zero-order chi connectivity index (χ0) is 14.7. The van der Waals surface area contributed by atoms with E-state index in [9.17, 15) is 4.79 Å². The quantitative estimate of drug-likeness (QED) is 0.813. The molecule has 2 rings (SSSR count). The third-order valence-electron chi connectivity index (χ3n) is 3.79. The predicted octanol–water partition coefficient (Wildman–Crippen LogP) is 0.943. The molecule has 0 saturated heterocycles. The van der Waals surface area contributed by atoms with Crippen molar-refractivity contribution in [3.8, 4) is 0 Å². The van der Waals surface area contributed by atoms with Crippen LogP contribution in [-0.4, -0.2) is 54.4 Å². The van der Waals surface area contributed by atoms with Gasteiger partial charge in [-0.15, -0.1) is 11.3 Å². The molecule has 1 unspecified atom stereocenters. The lowest BCUT2D eigenvalue weighted by molar-refractivity contribution is -0.127. The fraction of sp³-hybridized carbons (Fsp3) is 0.714. The highest BCUT2D eigenvalue weighted by Crippen LogP contribution is 2.34. The van der Waals surface area contributed by atoms with Crippen LogP contribution in [0.3, 0.4) is 0 Å². The molecule has 1 fully saturated rings. The second kappa shape index (κ2) is 6.65. The molecule has 112 valence electrons. The van der Waals surface area contributed by atoms with E-state index in [1.54, 1.807) is 30.3 Å². The minimum absolute atomic E-state index is 0.0945. The van der Waals surface area contributed by atoms with Crippen molar-refractivity contribution in [1.82, 2.24) is 14.8 Å². The highest BCUT2D eigenvalue weighted by molar-refractivity contribution is 7.09. The van der Waals surface area contributed by atoms with Gasteiger partial charge in [0.05, 0.1) is 12.1 Å². The van der Waals surface area contributed by atoms with Crippen molar-refractivity contribution in [2.45, 2.75) is 31.8 Å². The SMILES string of the molecule is CN(C)C(=O)Cc1nc(CN(C)C(CN)C2CC2)cs1. The van der Waals surface area contributed by atoms with E-state index in [1.807, 2.05) is 0 Å². The Kier molecular flexibility index (Phi) is 5.12. The van der Waals surface area contributed by atoms with Crippen LogP contribution in [0.15, 0.2) is 5.38 Å². The maximum atomic E-state index is 11.7. The summed E-state index contributed by atoms with van der Waals surface area (Å²) in [4.78, 5) is 20.1. The zero-order valence-corrected chi connectivity index (χ0v) is 13.3. The maximum Gasteiger partial charge on any atom is 0.228 e. The monoisotopic (exact) mass is 296 g/mol. The standard InChI is InChI=1S/C14H24N4OS/c1-17(2)14(19)6-13-16-11(9-20-13)8-18(3)12(7-15)10-4-5-10/h9-10,12H,4-8,15H2,1-3H3. The Morgan fingerprint density at radius 3 is 2.75 bits per heavy atom. The molecule has 1 aliphatic carbocycles. The summed E-state index contributed by atoms with van der Waals surface area (Å²) in [6, 6.07) is 0.462. The van der Waals surface area contributed by atoms with Crippen LogP contribution in [0.2, 0.25) is 0 Å². The van der Waals surface area contributed by atoms with E-state index < -0.39 is 0 Å². The average molecular weight is 296 g/mol. The lowest BCUT2D eigenvalue weighted by Gasteiger charge is -2.26. The molecule has 1 saturated carbocycles. The van der Waals surface area contributed by atoms with Gasteiger partial charge in [-0.2, -0.15) is 0 Å². The van der Waals surface area contributed by atoms with E-state index >= 15 is 0 Å². The molecular formula is C14H24N4OS. The van der Waals surface area contributed by atoms with Gasteiger partial charge in [-0.25, -0.2) is 4.98 Å². The number of carbonyl (C=O) groups excluding carboxylic acids is 1. The third kappa shape index (κ3) is 4.01. The summed E-state index contributed by atoms with van der Waals surface area (Å²) in [5, 5.41) is 2.94. The second-order valence-electron chi connectivity index (χ2n) is 5.75. The van der Waals surface area contributed by atoms with Crippen LogP contribution in [0.1, 0.15) is 23.5 Å². The highest BCUT2D eigenvalue weighted by atomic mass is 32.1. The van der Waals surface area contributed by atoms with E-state index in [-0.39, 0.29) is 5.91 Å². The number of thiazole rings is 1. The van der Waals surface area contributed by atoms with Crippen molar-refractivity contribution in [2.24, 2.45) is 11.7 Å². The van der Waals surface area contributed by atoms with E-state index in [0.717, 1.165) is 23.2 Å². The van der Waals surface area contributed by atoms with Gasteiger partial charge in [0.15, 0.2) is 0 Å². The van der Waals surface area contributed by atoms with Crippen molar-refractivity contribution >= 4 is 17.2 Å². The van der Waals surface area contributed by atoms with E-state index in [2.05, 4.69) is 22.3 Å². The Bertz CT molecular complexity index is 456. The van der Waals surface area contributed by atoms with Crippen LogP contribution in [-0.2, 0) is 17.8 Å². The summed E-state index contributed by atoms with van der Waals surface area (Å²) in [7, 11) is 5.65. The minimum Gasteiger partial charge on any atom is -0.348 e. The van der Waals surface area contributed by atoms with Crippen LogP contribution >= 0.6 is 11.3 Å². The molecule has 0 aliphatic heterocycles. The normalized spacial score (nSPS) is 16.4. The molecule has 1 heterocycles. The van der Waals surface area contributed by atoms with Crippen molar-refractivity contribution in [3.63, 3.8) is 0 Å². The van der Waals surface area contributed by atoms with E-state index in [4.69, 9.17) is 5.73 Å². The third-order valence-corrected chi connectivity index (χ3v) is 4.68. The summed E-state index contributed by atoms with van der Waals surface area (Å²) in [6.07, 6.45) is 2.99. The first-order valence-electron chi connectivity index (χ1n) is 7.05. The van der Waals surface area contributed by atoms with Crippen LogP contribution in [0.25, 0.3) is 0 Å². The molecule has 0 spiro atoms. The first-order valence-corrected chi connectivity index (χ1v) is 7.93. The zero-order valence-electron chi connectivity index (χ0n) is 12.5. The summed E-state index contributed by atoms with van der Waals surface area (Å²) in [6.45, 7) is 1.52. The second-order valence-corrected chi connectivity index (χ2v) is 6.70. The van der Waals surface area contributed by atoms with Crippen LogP contribution in [0, 0.1) is 5.92 Å². The van der Waals surface area contributed by atoms with Crippen LogP contribution in [0.4, 0.5) is 0 Å². The largest absolute Gasteiger partial charge is 0.348 e. The molecule has 5 nitrogen and oxygen atoms in total. The molecule has 1 aromatic rings. The average Bonchev–Trinajstić information content (AvgIpc) is 3.12. The van der Waals surface area contributed by atoms with Crippen LogP contribution in [0.5, 0.6) is 0 Å². The Balaban J connectivity index is 1.90. The lowest BCUT2D eigenvalue weighted by Crippen LogP contribution is -2.39. The molecule has 0 bridgehead atoms. The number of amides is 1. The Morgan fingerprint density at radius 1 is 1.50 bits per heavy atom. The molecule has 2 N–H and O–H groups in total. The fourth-order valence-corrected chi connectivity index (χ4v) is 3.15. The first-order chi connectivity index (χ1) is 9.51. The number of nitrogens with zero attached hydrogens (tertiary/aromatic N) is 3. The Morgan fingerprint density at radius 2 is 2.20 bits per heavy atom. The maximum absolute atomic E-state index is 11.7. The minimum atomic E-state index is 0.0945. The van der Waals surface area contributed by atoms with Crippen molar-refractivity contribution in [2.75, 3.05) is 27.7 Å². The van der Waals surface area contributed by atoms with Gasteiger partial charge in [0.2, 0.25) is 5.91 Å². The molecule has 6 heteroatoms. The Hall–Kier alpha value is -0.980.